The number of phenolic OH excluding ortho intramolecular Hbond substituents is 1. The van der Waals surface area contributed by atoms with Crippen molar-refractivity contribution in [1.29, 1.82) is 0 Å². The second-order valence-electron chi connectivity index (χ2n) is 4.65. The van der Waals surface area contributed by atoms with Gasteiger partial charge in [0, 0.05) is 25.2 Å². The zero-order valence-electron chi connectivity index (χ0n) is 9.11. The number of hydrogen-bond acceptors (Lipinski definition) is 3. The van der Waals surface area contributed by atoms with E-state index in [1.54, 1.807) is 0 Å². The second kappa shape index (κ2) is 3.70. The van der Waals surface area contributed by atoms with Gasteiger partial charge in [-0.1, -0.05) is 0 Å². The molecule has 0 spiro atoms. The van der Waals surface area contributed by atoms with Gasteiger partial charge in [-0.05, 0) is 24.0 Å². The highest BCUT2D eigenvalue weighted by molar-refractivity contribution is 5.97. The molecule has 1 aliphatic carbocycles. The highest BCUT2D eigenvalue weighted by Gasteiger charge is 2.53. The summed E-state index contributed by atoms with van der Waals surface area (Å²) in [5, 5.41) is 15.6. The molecule has 4 nitrogen and oxygen atoms in total. The third-order valence-corrected chi connectivity index (χ3v) is 3.59. The van der Waals surface area contributed by atoms with Gasteiger partial charge in [0.15, 0.2) is 0 Å². The van der Waals surface area contributed by atoms with Crippen molar-refractivity contribution in [3.8, 4) is 5.75 Å². The van der Waals surface area contributed by atoms with Crippen molar-refractivity contribution in [3.63, 3.8) is 0 Å². The quantitative estimate of drug-likeness (QED) is 0.700. The van der Waals surface area contributed by atoms with Gasteiger partial charge in [-0.25, -0.2) is 4.39 Å². The molecule has 3 rings (SSSR count). The Bertz CT molecular complexity index is 468. The first kappa shape index (κ1) is 10.5. The number of nitrogens with one attached hydrogen (secondary N) is 2. The Morgan fingerprint density at radius 2 is 2.12 bits per heavy atom. The SMILES string of the molecule is O=C(NC1C2CNCC21)c1ccc(F)cc1O. The molecule has 1 aromatic rings. The van der Waals surface area contributed by atoms with E-state index < -0.39 is 5.82 Å². The monoisotopic (exact) mass is 236 g/mol. The summed E-state index contributed by atoms with van der Waals surface area (Å²) in [5.74, 6) is -0.164. The summed E-state index contributed by atoms with van der Waals surface area (Å²) in [6, 6.07) is 3.62. The fourth-order valence-electron chi connectivity index (χ4n) is 2.56. The maximum absolute atomic E-state index is 12.8. The minimum absolute atomic E-state index is 0.129. The third-order valence-electron chi connectivity index (χ3n) is 3.59. The standard InChI is InChI=1S/C12H13FN2O2/c13-6-1-2-7(10(16)3-6)12(17)15-11-8-4-14-5-9(8)11/h1-3,8-9,11,14,16H,4-5H2,(H,15,17). The number of aromatic hydroxyl groups is 1. The lowest BCUT2D eigenvalue weighted by Gasteiger charge is -2.08. The van der Waals surface area contributed by atoms with Gasteiger partial charge in [-0.15, -0.1) is 0 Å². The Hall–Kier alpha value is -1.62. The van der Waals surface area contributed by atoms with Crippen LogP contribution >= 0.6 is 0 Å². The van der Waals surface area contributed by atoms with Crippen LogP contribution in [0.15, 0.2) is 18.2 Å². The van der Waals surface area contributed by atoms with Gasteiger partial charge in [-0.2, -0.15) is 0 Å². The minimum atomic E-state index is -0.549. The molecule has 2 unspecified atom stereocenters. The van der Waals surface area contributed by atoms with Crippen molar-refractivity contribution in [2.45, 2.75) is 6.04 Å². The molecule has 1 saturated heterocycles. The summed E-state index contributed by atoms with van der Waals surface area (Å²) in [5.41, 5.74) is 0.129. The Morgan fingerprint density at radius 3 is 2.76 bits per heavy atom. The Morgan fingerprint density at radius 1 is 1.41 bits per heavy atom. The number of rotatable bonds is 2. The first-order chi connectivity index (χ1) is 8.16. The highest BCUT2D eigenvalue weighted by atomic mass is 19.1. The third kappa shape index (κ3) is 1.76. The second-order valence-corrected chi connectivity index (χ2v) is 4.65. The average Bonchev–Trinajstić information content (AvgIpc) is 2.74. The van der Waals surface area contributed by atoms with E-state index in [1.807, 2.05) is 0 Å². The lowest BCUT2D eigenvalue weighted by Crippen LogP contribution is -2.32. The predicted octanol–water partition coefficient (Wildman–Crippen LogP) is 0.479. The van der Waals surface area contributed by atoms with Crippen molar-refractivity contribution in [2.24, 2.45) is 11.8 Å². The van der Waals surface area contributed by atoms with Crippen LogP contribution in [-0.4, -0.2) is 30.1 Å². The number of halogens is 1. The molecule has 3 N–H and O–H groups in total. The molecule has 17 heavy (non-hydrogen) atoms. The van der Waals surface area contributed by atoms with Crippen molar-refractivity contribution in [3.05, 3.63) is 29.6 Å². The summed E-state index contributed by atoms with van der Waals surface area (Å²) >= 11 is 0. The van der Waals surface area contributed by atoms with Gasteiger partial charge >= 0.3 is 0 Å². The maximum atomic E-state index is 12.8. The lowest BCUT2D eigenvalue weighted by atomic mass is 10.2. The molecule has 1 aromatic carbocycles. The van der Waals surface area contributed by atoms with Crippen LogP contribution in [0.5, 0.6) is 5.75 Å². The first-order valence-electron chi connectivity index (χ1n) is 5.67. The Kier molecular flexibility index (Phi) is 2.29. The first-order valence-corrected chi connectivity index (χ1v) is 5.67. The summed E-state index contributed by atoms with van der Waals surface area (Å²) in [4.78, 5) is 11.8. The van der Waals surface area contributed by atoms with Gasteiger partial charge in [0.25, 0.3) is 5.91 Å². The number of carbonyl (C=O) groups is 1. The molecule has 0 bridgehead atoms. The maximum Gasteiger partial charge on any atom is 0.255 e. The number of hydrogen-bond donors (Lipinski definition) is 3. The molecular weight excluding hydrogens is 223 g/mol. The van der Waals surface area contributed by atoms with Gasteiger partial charge in [0.05, 0.1) is 5.56 Å². The van der Waals surface area contributed by atoms with Gasteiger partial charge < -0.3 is 15.7 Å². The summed E-state index contributed by atoms with van der Waals surface area (Å²) < 4.78 is 12.8. The van der Waals surface area contributed by atoms with E-state index in [0.717, 1.165) is 19.2 Å². The van der Waals surface area contributed by atoms with Crippen LogP contribution in [0.25, 0.3) is 0 Å². The largest absolute Gasteiger partial charge is 0.507 e. The summed E-state index contributed by atoms with van der Waals surface area (Å²) in [6.07, 6.45) is 0. The zero-order chi connectivity index (χ0) is 12.0. The van der Waals surface area contributed by atoms with Gasteiger partial charge in [0.2, 0.25) is 0 Å². The molecule has 2 atom stereocenters. The van der Waals surface area contributed by atoms with Gasteiger partial charge in [0.1, 0.15) is 11.6 Å². The molecule has 1 heterocycles. The van der Waals surface area contributed by atoms with Crippen LogP contribution in [0.2, 0.25) is 0 Å². The number of carbonyl (C=O) groups excluding carboxylic acids is 1. The zero-order valence-corrected chi connectivity index (χ0v) is 9.11. The number of piperidine rings is 1. The Labute approximate surface area is 97.8 Å². The summed E-state index contributed by atoms with van der Waals surface area (Å²) in [6.45, 7) is 1.87. The van der Waals surface area contributed by atoms with Crippen LogP contribution in [0.1, 0.15) is 10.4 Å². The molecule has 90 valence electrons. The van der Waals surface area contributed by atoms with E-state index in [9.17, 15) is 14.3 Å². The van der Waals surface area contributed by atoms with Crippen molar-refractivity contribution in [2.75, 3.05) is 13.1 Å². The molecule has 2 fully saturated rings. The highest BCUT2D eigenvalue weighted by Crippen LogP contribution is 2.41. The number of benzene rings is 1. The van der Waals surface area contributed by atoms with E-state index in [2.05, 4.69) is 10.6 Å². The molecular formula is C12H13FN2O2. The van der Waals surface area contributed by atoms with Crippen LogP contribution < -0.4 is 10.6 Å². The molecule has 1 amide bonds. The van der Waals surface area contributed by atoms with E-state index >= 15 is 0 Å². The number of amides is 1. The van der Waals surface area contributed by atoms with Crippen LogP contribution in [0.4, 0.5) is 4.39 Å². The Balaban J connectivity index is 1.70. The van der Waals surface area contributed by atoms with E-state index in [-0.39, 0.29) is 23.3 Å². The molecule has 0 radical (unpaired) electrons. The summed E-state index contributed by atoms with van der Waals surface area (Å²) in [7, 11) is 0. The van der Waals surface area contributed by atoms with Crippen molar-refractivity contribution in [1.82, 2.24) is 10.6 Å². The molecule has 5 heteroatoms. The molecule has 1 aliphatic heterocycles. The molecule has 1 saturated carbocycles. The van der Waals surface area contributed by atoms with Crippen molar-refractivity contribution >= 4 is 5.91 Å². The predicted molar refractivity (Wildman–Crippen MR) is 59.2 cm³/mol. The normalized spacial score (nSPS) is 29.8. The molecule has 2 aliphatic rings. The van der Waals surface area contributed by atoms with E-state index in [4.69, 9.17) is 0 Å². The number of fused-ring (bicyclic) bond motifs is 1. The van der Waals surface area contributed by atoms with Crippen LogP contribution in [0.3, 0.4) is 0 Å². The van der Waals surface area contributed by atoms with Crippen molar-refractivity contribution < 1.29 is 14.3 Å². The number of phenols is 1. The van der Waals surface area contributed by atoms with Crippen LogP contribution in [0, 0.1) is 17.7 Å². The fourth-order valence-corrected chi connectivity index (χ4v) is 2.56. The topological polar surface area (TPSA) is 61.4 Å². The lowest BCUT2D eigenvalue weighted by molar-refractivity contribution is 0.0944. The average molecular weight is 236 g/mol. The smallest absolute Gasteiger partial charge is 0.255 e. The minimum Gasteiger partial charge on any atom is -0.507 e. The van der Waals surface area contributed by atoms with E-state index in [0.29, 0.717) is 11.8 Å². The fraction of sp³-hybridized carbons (Fsp3) is 0.417. The molecule has 0 aromatic heterocycles. The van der Waals surface area contributed by atoms with E-state index in [1.165, 1.54) is 12.1 Å². The van der Waals surface area contributed by atoms with Gasteiger partial charge in [-0.3, -0.25) is 4.79 Å². The van der Waals surface area contributed by atoms with Crippen LogP contribution in [-0.2, 0) is 0 Å².